The van der Waals surface area contributed by atoms with Gasteiger partial charge in [0.25, 0.3) is 0 Å². The number of alkyl carbamates (subject to hydrolysis) is 1. The van der Waals surface area contributed by atoms with Crippen molar-refractivity contribution in [2.45, 2.75) is 102 Å². The number of halogens is 1. The Kier molecular flexibility index (Phi) is 17.9. The monoisotopic (exact) mass is 798 g/mol. The van der Waals surface area contributed by atoms with Gasteiger partial charge in [0.15, 0.2) is 11.8 Å². The lowest BCUT2D eigenvalue weighted by molar-refractivity contribution is -0.401. The zero-order valence-corrected chi connectivity index (χ0v) is 35.5. The van der Waals surface area contributed by atoms with Crippen molar-refractivity contribution >= 4 is 29.1 Å². The van der Waals surface area contributed by atoms with E-state index in [1.807, 2.05) is 0 Å². The van der Waals surface area contributed by atoms with Gasteiger partial charge in [-0.25, -0.2) is 4.79 Å². The molecule has 5 rings (SSSR count). The maximum Gasteiger partial charge on any atom is 0.408 e. The van der Waals surface area contributed by atoms with Crippen molar-refractivity contribution in [2.75, 3.05) is 58.0 Å². The van der Waals surface area contributed by atoms with Crippen LogP contribution in [0.4, 0.5) is 16.2 Å². The van der Waals surface area contributed by atoms with Gasteiger partial charge in [-0.15, -0.1) is 0 Å². The number of rotatable bonds is 19. The SMILES string of the molecule is C[N+]1=C(/C=C/C=C/C=C2\N(CCCCCC(=O)NCCOCCOCCNC(=O)OC3C#CCCCCC3)c3ccccc3C2(C)C)C(C)(C)c2ccccc21.[Cl-]. The summed E-state index contributed by atoms with van der Waals surface area (Å²) in [6.07, 6.45) is 18.4. The lowest BCUT2D eigenvalue weighted by Crippen LogP contribution is -3.00. The standard InChI is InChI=1S/C47H62N4O5.ClH/c1-46(2)38-23-16-18-25-40(38)50(5)42(46)27-13-9-14-28-43-47(3,4)39-24-17-19-26-41(39)51(43)32-20-10-15-29-44(52)48-30-33-54-35-36-55-34-31-49-45(53)56-37-21-11-7-6-8-12-22-37;/h9,13-14,16-19,23-28,37H,6-8,10-11,15,20-21,29-36H2,1-5H3,(H-,48,49,52,53);1H. The normalized spacial score (nSPS) is 18.7. The van der Waals surface area contributed by atoms with Crippen LogP contribution in [0.25, 0.3) is 0 Å². The largest absolute Gasteiger partial charge is 1.00 e. The molecule has 2 N–H and O–H groups in total. The van der Waals surface area contributed by atoms with E-state index in [2.05, 4.69) is 146 Å². The van der Waals surface area contributed by atoms with E-state index in [1.165, 1.54) is 33.9 Å². The Morgan fingerprint density at radius 3 is 2.33 bits per heavy atom. The Labute approximate surface area is 347 Å². The molecule has 2 aromatic carbocycles. The van der Waals surface area contributed by atoms with Gasteiger partial charge in [-0.05, 0) is 63.7 Å². The maximum atomic E-state index is 12.5. The number of hydrogen-bond donors (Lipinski definition) is 2. The Morgan fingerprint density at radius 1 is 0.842 bits per heavy atom. The molecule has 3 aliphatic rings. The number of amides is 2. The number of allylic oxidation sites excluding steroid dienone is 6. The number of ether oxygens (including phenoxy) is 3. The number of para-hydroxylation sites is 2. The number of nitrogens with zero attached hydrogens (tertiary/aromatic N) is 2. The van der Waals surface area contributed by atoms with E-state index in [4.69, 9.17) is 14.2 Å². The molecule has 0 fully saturated rings. The van der Waals surface area contributed by atoms with E-state index >= 15 is 0 Å². The van der Waals surface area contributed by atoms with Crippen LogP contribution in [-0.2, 0) is 29.8 Å². The zero-order chi connectivity index (χ0) is 39.8. The minimum atomic E-state index is -0.459. The highest BCUT2D eigenvalue weighted by Crippen LogP contribution is 2.47. The Balaban J connectivity index is 0.00000720. The first-order chi connectivity index (χ1) is 27.1. The summed E-state index contributed by atoms with van der Waals surface area (Å²) in [4.78, 5) is 26.9. The van der Waals surface area contributed by atoms with Gasteiger partial charge >= 0.3 is 6.09 Å². The molecule has 2 heterocycles. The minimum Gasteiger partial charge on any atom is -1.00 e. The average Bonchev–Trinajstić information content (AvgIpc) is 3.50. The summed E-state index contributed by atoms with van der Waals surface area (Å²) in [7, 11) is 2.15. The highest BCUT2D eigenvalue weighted by atomic mass is 35.5. The molecule has 9 nitrogen and oxygen atoms in total. The lowest BCUT2D eigenvalue weighted by atomic mass is 9.81. The fourth-order valence-corrected chi connectivity index (χ4v) is 7.91. The van der Waals surface area contributed by atoms with Gasteiger partial charge in [0.05, 0.1) is 31.8 Å². The van der Waals surface area contributed by atoms with Crippen LogP contribution in [0.1, 0.15) is 96.6 Å². The number of hydrogen-bond acceptors (Lipinski definition) is 6. The van der Waals surface area contributed by atoms with Gasteiger partial charge in [-0.3, -0.25) is 4.79 Å². The smallest absolute Gasteiger partial charge is 0.408 e. The molecule has 2 aliphatic heterocycles. The van der Waals surface area contributed by atoms with E-state index in [9.17, 15) is 9.59 Å². The second kappa shape index (κ2) is 22.5. The first-order valence-electron chi connectivity index (χ1n) is 20.6. The van der Waals surface area contributed by atoms with Crippen LogP contribution in [0.3, 0.4) is 0 Å². The fraction of sp³-hybridized carbons (Fsp3) is 0.511. The first kappa shape index (κ1) is 45.3. The molecule has 0 saturated carbocycles. The summed E-state index contributed by atoms with van der Waals surface area (Å²) in [5.74, 6) is 6.15. The molecule has 0 aromatic heterocycles. The third kappa shape index (κ3) is 12.6. The number of fused-ring (bicyclic) bond motifs is 2. The van der Waals surface area contributed by atoms with Crippen LogP contribution in [-0.4, -0.2) is 81.5 Å². The van der Waals surface area contributed by atoms with Crippen molar-refractivity contribution in [1.82, 2.24) is 10.6 Å². The summed E-state index contributed by atoms with van der Waals surface area (Å²) in [6, 6.07) is 17.4. The van der Waals surface area contributed by atoms with Crippen molar-refractivity contribution in [3.8, 4) is 11.8 Å². The molecule has 10 heteroatoms. The topological polar surface area (TPSA) is 92.1 Å². The van der Waals surface area contributed by atoms with Crippen molar-refractivity contribution in [3.05, 3.63) is 95.7 Å². The van der Waals surface area contributed by atoms with Crippen molar-refractivity contribution in [2.24, 2.45) is 0 Å². The van der Waals surface area contributed by atoms with Crippen molar-refractivity contribution in [3.63, 3.8) is 0 Å². The molecule has 57 heavy (non-hydrogen) atoms. The molecule has 0 spiro atoms. The molecule has 1 unspecified atom stereocenters. The number of carbonyl (C=O) groups is 2. The molecule has 0 saturated heterocycles. The van der Waals surface area contributed by atoms with Crippen LogP contribution in [0, 0.1) is 11.8 Å². The Hall–Kier alpha value is -4.36. The summed E-state index contributed by atoms with van der Waals surface area (Å²) < 4.78 is 18.8. The van der Waals surface area contributed by atoms with Gasteiger partial charge in [-0.2, -0.15) is 4.58 Å². The van der Waals surface area contributed by atoms with Crippen LogP contribution in [0.15, 0.2) is 84.6 Å². The molecule has 1 aliphatic carbocycles. The van der Waals surface area contributed by atoms with Crippen molar-refractivity contribution in [1.29, 1.82) is 0 Å². The maximum absolute atomic E-state index is 12.5. The molecular weight excluding hydrogens is 736 g/mol. The van der Waals surface area contributed by atoms with Gasteiger partial charge < -0.3 is 42.2 Å². The summed E-state index contributed by atoms with van der Waals surface area (Å²) in [5, 5.41) is 5.67. The molecule has 0 radical (unpaired) electrons. The highest BCUT2D eigenvalue weighted by Gasteiger charge is 2.42. The van der Waals surface area contributed by atoms with Gasteiger partial charge in [-0.1, -0.05) is 93.2 Å². The predicted octanol–water partition coefficient (Wildman–Crippen LogP) is 5.26. The van der Waals surface area contributed by atoms with Crippen LogP contribution < -0.4 is 27.9 Å². The second-order valence-corrected chi connectivity index (χ2v) is 15.8. The number of nitrogens with one attached hydrogen (secondary N) is 2. The van der Waals surface area contributed by atoms with E-state index < -0.39 is 6.09 Å². The number of benzene rings is 2. The van der Waals surface area contributed by atoms with E-state index in [1.54, 1.807) is 0 Å². The van der Waals surface area contributed by atoms with E-state index in [-0.39, 0.29) is 35.2 Å². The van der Waals surface area contributed by atoms with Gasteiger partial charge in [0, 0.05) is 67.0 Å². The third-order valence-corrected chi connectivity index (χ3v) is 11.0. The van der Waals surface area contributed by atoms with Crippen LogP contribution in [0.2, 0.25) is 0 Å². The molecule has 2 amide bonds. The summed E-state index contributed by atoms with van der Waals surface area (Å²) in [6.45, 7) is 12.5. The average molecular weight is 799 g/mol. The predicted molar refractivity (Wildman–Crippen MR) is 226 cm³/mol. The molecule has 1 atom stereocenters. The molecule has 0 bridgehead atoms. The quantitative estimate of drug-likeness (QED) is 0.0873. The molecular formula is C47H63ClN4O5. The molecule has 2 aromatic rings. The summed E-state index contributed by atoms with van der Waals surface area (Å²) in [5.41, 5.74) is 7.66. The van der Waals surface area contributed by atoms with Crippen LogP contribution in [0.5, 0.6) is 0 Å². The zero-order valence-electron chi connectivity index (χ0n) is 34.7. The van der Waals surface area contributed by atoms with E-state index in [0.717, 1.165) is 57.9 Å². The van der Waals surface area contributed by atoms with Crippen LogP contribution >= 0.6 is 0 Å². The number of unbranched alkanes of at least 4 members (excludes halogenated alkanes) is 2. The fourth-order valence-electron chi connectivity index (χ4n) is 7.91. The number of carbonyl (C=O) groups excluding carboxylic acids is 2. The van der Waals surface area contributed by atoms with Gasteiger partial charge in [0.2, 0.25) is 11.6 Å². The van der Waals surface area contributed by atoms with Gasteiger partial charge in [0.1, 0.15) is 7.05 Å². The Morgan fingerprint density at radius 2 is 1.56 bits per heavy atom. The first-order valence-corrected chi connectivity index (χ1v) is 20.6. The highest BCUT2D eigenvalue weighted by molar-refractivity contribution is 6.03. The summed E-state index contributed by atoms with van der Waals surface area (Å²) >= 11 is 0. The van der Waals surface area contributed by atoms with E-state index in [0.29, 0.717) is 45.9 Å². The van der Waals surface area contributed by atoms with Crippen molar-refractivity contribution < 1.29 is 40.8 Å². The minimum absolute atomic E-state index is 0. The Bertz CT molecular complexity index is 1840. The number of anilines is 1. The third-order valence-electron chi connectivity index (χ3n) is 11.0. The lowest BCUT2D eigenvalue weighted by Gasteiger charge is -2.27. The second-order valence-electron chi connectivity index (χ2n) is 15.8. The molecule has 308 valence electrons.